The molecule has 0 spiro atoms. The lowest BCUT2D eigenvalue weighted by atomic mass is 9.99. The van der Waals surface area contributed by atoms with Gasteiger partial charge in [-0.1, -0.05) is 19.1 Å². The smallest absolute Gasteiger partial charge is 0.173 e. The van der Waals surface area contributed by atoms with E-state index in [1.165, 1.54) is 5.56 Å². The zero-order valence-electron chi connectivity index (χ0n) is 17.2. The Balaban J connectivity index is 1.78. The van der Waals surface area contributed by atoms with Crippen LogP contribution in [-0.4, -0.2) is 67.7 Å². The van der Waals surface area contributed by atoms with Gasteiger partial charge in [-0.05, 0) is 61.5 Å². The lowest BCUT2D eigenvalue weighted by Gasteiger charge is -2.39. The normalized spacial score (nSPS) is 17.9. The van der Waals surface area contributed by atoms with E-state index >= 15 is 0 Å². The SMILES string of the molecule is CCN1CCN([C@@H](c2ccc3ncccc3c2)c2nnnn2C(C)(C)C)CC1. The van der Waals surface area contributed by atoms with Crippen LogP contribution in [0.25, 0.3) is 10.9 Å². The van der Waals surface area contributed by atoms with Crippen LogP contribution in [-0.2, 0) is 5.54 Å². The number of benzene rings is 1. The van der Waals surface area contributed by atoms with Gasteiger partial charge in [-0.15, -0.1) is 5.10 Å². The highest BCUT2D eigenvalue weighted by Crippen LogP contribution is 2.31. The molecule has 148 valence electrons. The number of fused-ring (bicyclic) bond motifs is 1. The van der Waals surface area contributed by atoms with Gasteiger partial charge in [-0.25, -0.2) is 4.68 Å². The van der Waals surface area contributed by atoms with Crippen molar-refractivity contribution in [3.63, 3.8) is 0 Å². The van der Waals surface area contributed by atoms with Gasteiger partial charge in [0.2, 0.25) is 0 Å². The molecule has 1 aliphatic rings. The number of tetrazole rings is 1. The predicted octanol–water partition coefficient (Wildman–Crippen LogP) is 2.70. The summed E-state index contributed by atoms with van der Waals surface area (Å²) in [4.78, 5) is 9.47. The summed E-state index contributed by atoms with van der Waals surface area (Å²) in [6.07, 6.45) is 1.84. The largest absolute Gasteiger partial charge is 0.301 e. The van der Waals surface area contributed by atoms with Crippen molar-refractivity contribution in [2.75, 3.05) is 32.7 Å². The van der Waals surface area contributed by atoms with E-state index < -0.39 is 0 Å². The molecule has 4 rings (SSSR count). The van der Waals surface area contributed by atoms with Crippen molar-refractivity contribution in [3.05, 3.63) is 47.9 Å². The summed E-state index contributed by atoms with van der Waals surface area (Å²) in [5.74, 6) is 0.903. The van der Waals surface area contributed by atoms with Gasteiger partial charge >= 0.3 is 0 Å². The summed E-state index contributed by atoms with van der Waals surface area (Å²) in [5.41, 5.74) is 2.04. The van der Waals surface area contributed by atoms with Crippen LogP contribution in [0.4, 0.5) is 0 Å². The first-order valence-corrected chi connectivity index (χ1v) is 10.1. The number of hydrogen-bond donors (Lipinski definition) is 0. The van der Waals surface area contributed by atoms with E-state index in [9.17, 15) is 0 Å². The standard InChI is InChI=1S/C21H29N7/c1-5-26-11-13-27(14-12-26)19(20-23-24-25-28(20)21(2,3)4)17-8-9-18-16(15-17)7-6-10-22-18/h6-10,15,19H,5,11-14H2,1-4H3/t19-/m0/s1. The molecule has 0 saturated carbocycles. The van der Waals surface area contributed by atoms with Gasteiger partial charge < -0.3 is 4.90 Å². The highest BCUT2D eigenvalue weighted by molar-refractivity contribution is 5.79. The Morgan fingerprint density at radius 1 is 1.07 bits per heavy atom. The monoisotopic (exact) mass is 379 g/mol. The van der Waals surface area contributed by atoms with E-state index in [1.807, 2.05) is 16.9 Å². The van der Waals surface area contributed by atoms with Crippen LogP contribution in [0.2, 0.25) is 0 Å². The summed E-state index contributed by atoms with van der Waals surface area (Å²) in [6, 6.07) is 10.6. The number of aromatic nitrogens is 5. The molecule has 1 atom stereocenters. The Labute approximate surface area is 166 Å². The Kier molecular flexibility index (Phi) is 5.12. The van der Waals surface area contributed by atoms with Gasteiger partial charge in [0.05, 0.1) is 17.1 Å². The molecule has 1 aromatic carbocycles. The van der Waals surface area contributed by atoms with Crippen LogP contribution in [0.15, 0.2) is 36.5 Å². The van der Waals surface area contributed by atoms with Crippen molar-refractivity contribution in [1.29, 1.82) is 0 Å². The van der Waals surface area contributed by atoms with Crippen LogP contribution >= 0.6 is 0 Å². The molecule has 0 radical (unpaired) electrons. The fraction of sp³-hybridized carbons (Fsp3) is 0.524. The molecular formula is C21H29N7. The molecular weight excluding hydrogens is 350 g/mol. The molecule has 7 nitrogen and oxygen atoms in total. The summed E-state index contributed by atoms with van der Waals surface area (Å²) >= 11 is 0. The van der Waals surface area contributed by atoms with E-state index in [0.29, 0.717) is 0 Å². The van der Waals surface area contributed by atoms with Gasteiger partial charge in [0.1, 0.15) is 0 Å². The van der Waals surface area contributed by atoms with Crippen LogP contribution in [0.3, 0.4) is 0 Å². The third-order valence-electron chi connectivity index (χ3n) is 5.54. The van der Waals surface area contributed by atoms with Gasteiger partial charge in [-0.2, -0.15) is 0 Å². The van der Waals surface area contributed by atoms with Crippen molar-refractivity contribution in [1.82, 2.24) is 35.0 Å². The maximum Gasteiger partial charge on any atom is 0.173 e. The van der Waals surface area contributed by atoms with E-state index in [0.717, 1.165) is 49.5 Å². The summed E-state index contributed by atoms with van der Waals surface area (Å²) in [7, 11) is 0. The molecule has 0 unspecified atom stereocenters. The molecule has 1 fully saturated rings. The second kappa shape index (κ2) is 7.56. The molecule has 7 heteroatoms. The fourth-order valence-electron chi connectivity index (χ4n) is 3.97. The fourth-order valence-corrected chi connectivity index (χ4v) is 3.97. The van der Waals surface area contributed by atoms with Crippen molar-refractivity contribution in [2.45, 2.75) is 39.3 Å². The lowest BCUT2D eigenvalue weighted by molar-refractivity contribution is 0.106. The quantitative estimate of drug-likeness (QED) is 0.695. The third kappa shape index (κ3) is 3.64. The first-order valence-electron chi connectivity index (χ1n) is 10.1. The summed E-state index contributed by atoms with van der Waals surface area (Å²) in [5, 5.41) is 14.0. The van der Waals surface area contributed by atoms with Gasteiger partial charge in [0.15, 0.2) is 5.82 Å². The van der Waals surface area contributed by atoms with E-state index in [2.05, 4.69) is 82.3 Å². The Bertz CT molecular complexity index is 935. The zero-order valence-corrected chi connectivity index (χ0v) is 17.2. The maximum absolute atomic E-state index is 4.48. The second-order valence-corrected chi connectivity index (χ2v) is 8.45. The molecule has 0 aliphatic carbocycles. The van der Waals surface area contributed by atoms with Crippen molar-refractivity contribution < 1.29 is 0 Å². The average molecular weight is 380 g/mol. The minimum atomic E-state index is -0.180. The topological polar surface area (TPSA) is 63.0 Å². The summed E-state index contributed by atoms with van der Waals surface area (Å²) in [6.45, 7) is 13.9. The molecule has 1 aliphatic heterocycles. The first-order chi connectivity index (χ1) is 13.5. The number of likely N-dealkylation sites (N-methyl/N-ethyl adjacent to an activating group) is 1. The lowest BCUT2D eigenvalue weighted by Crippen LogP contribution is -2.48. The van der Waals surface area contributed by atoms with Gasteiger partial charge in [0.25, 0.3) is 0 Å². The molecule has 2 aromatic heterocycles. The van der Waals surface area contributed by atoms with Crippen molar-refractivity contribution in [3.8, 4) is 0 Å². The average Bonchev–Trinajstić information content (AvgIpc) is 3.18. The predicted molar refractivity (Wildman–Crippen MR) is 110 cm³/mol. The highest BCUT2D eigenvalue weighted by Gasteiger charge is 2.33. The van der Waals surface area contributed by atoms with Crippen molar-refractivity contribution in [2.24, 2.45) is 0 Å². The highest BCUT2D eigenvalue weighted by atomic mass is 15.6. The Hall–Kier alpha value is -2.38. The minimum absolute atomic E-state index is 0.0258. The van der Waals surface area contributed by atoms with E-state index in [4.69, 9.17) is 0 Å². The van der Waals surface area contributed by atoms with Crippen LogP contribution in [0, 0.1) is 0 Å². The van der Waals surface area contributed by atoms with E-state index in [-0.39, 0.29) is 11.6 Å². The maximum atomic E-state index is 4.48. The summed E-state index contributed by atoms with van der Waals surface area (Å²) < 4.78 is 1.97. The van der Waals surface area contributed by atoms with Gasteiger partial charge in [0, 0.05) is 37.8 Å². The zero-order chi connectivity index (χ0) is 19.7. The Morgan fingerprint density at radius 3 is 2.57 bits per heavy atom. The van der Waals surface area contributed by atoms with Crippen LogP contribution < -0.4 is 0 Å². The Morgan fingerprint density at radius 2 is 1.86 bits per heavy atom. The van der Waals surface area contributed by atoms with Crippen LogP contribution in [0.1, 0.15) is 45.1 Å². The molecule has 0 bridgehead atoms. The van der Waals surface area contributed by atoms with E-state index in [1.54, 1.807) is 0 Å². The number of nitrogens with zero attached hydrogens (tertiary/aromatic N) is 7. The molecule has 28 heavy (non-hydrogen) atoms. The number of rotatable bonds is 4. The third-order valence-corrected chi connectivity index (χ3v) is 5.54. The molecule has 1 saturated heterocycles. The molecule has 0 N–H and O–H groups in total. The number of pyridine rings is 1. The first kappa shape index (κ1) is 19.0. The number of piperazine rings is 1. The van der Waals surface area contributed by atoms with Gasteiger partial charge in [-0.3, -0.25) is 9.88 Å². The van der Waals surface area contributed by atoms with Crippen LogP contribution in [0.5, 0.6) is 0 Å². The molecule has 3 heterocycles. The minimum Gasteiger partial charge on any atom is -0.301 e. The molecule has 0 amide bonds. The van der Waals surface area contributed by atoms with Crippen molar-refractivity contribution >= 4 is 10.9 Å². The second-order valence-electron chi connectivity index (χ2n) is 8.45. The number of hydrogen-bond acceptors (Lipinski definition) is 6. The molecule has 3 aromatic rings.